The lowest BCUT2D eigenvalue weighted by Crippen LogP contribution is -2.27. The summed E-state index contributed by atoms with van der Waals surface area (Å²) < 4.78 is 0. The van der Waals surface area contributed by atoms with Gasteiger partial charge in [-0.2, -0.15) is 0 Å². The Hall–Kier alpha value is -1.77. The van der Waals surface area contributed by atoms with Gasteiger partial charge in [0.15, 0.2) is 0 Å². The summed E-state index contributed by atoms with van der Waals surface area (Å²) in [6.07, 6.45) is 4.21. The maximum atomic E-state index is 11.8. The van der Waals surface area contributed by atoms with Crippen LogP contribution in [0, 0.1) is 5.92 Å². The Kier molecular flexibility index (Phi) is 2.17. The molecule has 0 saturated carbocycles. The van der Waals surface area contributed by atoms with Gasteiger partial charge in [0.2, 0.25) is 5.91 Å². The third-order valence-corrected chi connectivity index (χ3v) is 3.42. The second kappa shape index (κ2) is 3.67. The molecule has 1 aromatic carbocycles. The minimum atomic E-state index is -0.0175. The van der Waals surface area contributed by atoms with Crippen molar-refractivity contribution in [2.75, 3.05) is 0 Å². The number of benzene rings is 1. The lowest BCUT2D eigenvalue weighted by atomic mass is 9.78. The van der Waals surface area contributed by atoms with E-state index in [0.717, 1.165) is 18.5 Å². The van der Waals surface area contributed by atoms with Crippen molar-refractivity contribution < 1.29 is 4.79 Å². The van der Waals surface area contributed by atoms with Crippen LogP contribution in [0.15, 0.2) is 42.1 Å². The Bertz CT molecular complexity index is 439. The second-order valence-corrected chi connectivity index (χ2v) is 4.35. The first kappa shape index (κ1) is 9.46. The van der Waals surface area contributed by atoms with Gasteiger partial charge in [-0.1, -0.05) is 36.4 Å². The molecule has 1 fully saturated rings. The standard InChI is InChI=1S/C13H14N2O/c16-13-12-10(9-5-2-1-3-6-9)7-4-8-11(12)14-15-13/h1-3,5-6,8,10,12,14H,4,7H2,(H,15,16). The number of rotatable bonds is 1. The van der Waals surface area contributed by atoms with E-state index in [1.165, 1.54) is 5.56 Å². The molecule has 1 aliphatic carbocycles. The number of hydrogen-bond donors (Lipinski definition) is 2. The molecule has 2 unspecified atom stereocenters. The number of carbonyl (C=O) groups is 1. The van der Waals surface area contributed by atoms with E-state index in [1.807, 2.05) is 18.2 Å². The average Bonchev–Trinajstić information content (AvgIpc) is 2.73. The van der Waals surface area contributed by atoms with Gasteiger partial charge in [0.05, 0.1) is 5.92 Å². The zero-order chi connectivity index (χ0) is 11.0. The predicted molar refractivity (Wildman–Crippen MR) is 61.3 cm³/mol. The predicted octanol–water partition coefficient (Wildman–Crippen LogP) is 1.70. The Morgan fingerprint density at radius 2 is 1.94 bits per heavy atom. The fraction of sp³-hybridized carbons (Fsp3) is 0.308. The third-order valence-electron chi connectivity index (χ3n) is 3.42. The van der Waals surface area contributed by atoms with E-state index in [4.69, 9.17) is 0 Å². The summed E-state index contributed by atoms with van der Waals surface area (Å²) in [6.45, 7) is 0. The lowest BCUT2D eigenvalue weighted by molar-refractivity contribution is -0.123. The number of amides is 1. The van der Waals surface area contributed by atoms with Crippen LogP contribution in [0.3, 0.4) is 0 Å². The smallest absolute Gasteiger partial charge is 0.248 e. The highest BCUT2D eigenvalue weighted by Crippen LogP contribution is 2.38. The highest BCUT2D eigenvalue weighted by atomic mass is 16.2. The van der Waals surface area contributed by atoms with E-state index < -0.39 is 0 Å². The topological polar surface area (TPSA) is 41.1 Å². The molecule has 3 heteroatoms. The van der Waals surface area contributed by atoms with Crippen LogP contribution < -0.4 is 10.9 Å². The van der Waals surface area contributed by atoms with Crippen LogP contribution in [-0.4, -0.2) is 5.91 Å². The van der Waals surface area contributed by atoms with E-state index in [-0.39, 0.29) is 11.8 Å². The third kappa shape index (κ3) is 1.40. The van der Waals surface area contributed by atoms with Gasteiger partial charge in [0.1, 0.15) is 0 Å². The molecule has 1 aliphatic heterocycles. The van der Waals surface area contributed by atoms with Crippen molar-refractivity contribution >= 4 is 5.91 Å². The van der Waals surface area contributed by atoms with Crippen molar-refractivity contribution in [1.82, 2.24) is 10.9 Å². The van der Waals surface area contributed by atoms with Crippen LogP contribution in [0.1, 0.15) is 24.3 Å². The SMILES string of the molecule is O=C1NNC2=CCCC(c3ccccc3)C12. The summed E-state index contributed by atoms with van der Waals surface area (Å²) in [5, 5.41) is 0. The van der Waals surface area contributed by atoms with E-state index in [1.54, 1.807) is 0 Å². The molecular formula is C13H14N2O. The first-order chi connectivity index (χ1) is 7.86. The van der Waals surface area contributed by atoms with Gasteiger partial charge >= 0.3 is 0 Å². The first-order valence-electron chi connectivity index (χ1n) is 5.67. The van der Waals surface area contributed by atoms with Crippen LogP contribution >= 0.6 is 0 Å². The quantitative estimate of drug-likeness (QED) is 0.747. The van der Waals surface area contributed by atoms with Gasteiger partial charge in [-0.05, 0) is 18.4 Å². The zero-order valence-corrected chi connectivity index (χ0v) is 8.94. The maximum absolute atomic E-state index is 11.8. The van der Waals surface area contributed by atoms with Crippen molar-refractivity contribution in [3.63, 3.8) is 0 Å². The van der Waals surface area contributed by atoms with Crippen molar-refractivity contribution in [2.24, 2.45) is 5.92 Å². The second-order valence-electron chi connectivity index (χ2n) is 4.35. The Balaban J connectivity index is 1.97. The van der Waals surface area contributed by atoms with Crippen LogP contribution in [0.25, 0.3) is 0 Å². The molecule has 3 rings (SSSR count). The number of hydrazine groups is 1. The summed E-state index contributed by atoms with van der Waals surface area (Å²) >= 11 is 0. The molecule has 82 valence electrons. The number of fused-ring (bicyclic) bond motifs is 1. The van der Waals surface area contributed by atoms with E-state index >= 15 is 0 Å². The highest BCUT2D eigenvalue weighted by molar-refractivity contribution is 5.85. The number of carbonyl (C=O) groups excluding carboxylic acids is 1. The molecule has 2 N–H and O–H groups in total. The van der Waals surface area contributed by atoms with Gasteiger partial charge in [0.25, 0.3) is 0 Å². The molecule has 0 radical (unpaired) electrons. The molecule has 1 heterocycles. The van der Waals surface area contributed by atoms with Crippen LogP contribution in [0.4, 0.5) is 0 Å². The largest absolute Gasteiger partial charge is 0.302 e. The summed E-state index contributed by atoms with van der Waals surface area (Å²) in [6, 6.07) is 10.3. The molecule has 3 nitrogen and oxygen atoms in total. The molecule has 1 amide bonds. The molecule has 16 heavy (non-hydrogen) atoms. The van der Waals surface area contributed by atoms with Crippen LogP contribution in [0.2, 0.25) is 0 Å². The molecular weight excluding hydrogens is 200 g/mol. The monoisotopic (exact) mass is 214 g/mol. The zero-order valence-electron chi connectivity index (χ0n) is 8.94. The highest BCUT2D eigenvalue weighted by Gasteiger charge is 2.38. The normalized spacial score (nSPS) is 27.8. The van der Waals surface area contributed by atoms with Crippen molar-refractivity contribution in [1.29, 1.82) is 0 Å². The van der Waals surface area contributed by atoms with Crippen molar-refractivity contribution in [3.8, 4) is 0 Å². The fourth-order valence-corrected chi connectivity index (χ4v) is 2.65. The Labute approximate surface area is 94.5 Å². The number of hydrogen-bond acceptors (Lipinski definition) is 2. The summed E-state index contributed by atoms with van der Waals surface area (Å²) in [5.74, 6) is 0.396. The summed E-state index contributed by atoms with van der Waals surface area (Å²) in [5.41, 5.74) is 7.98. The Morgan fingerprint density at radius 1 is 1.12 bits per heavy atom. The van der Waals surface area contributed by atoms with E-state index in [9.17, 15) is 4.79 Å². The van der Waals surface area contributed by atoms with E-state index in [0.29, 0.717) is 5.92 Å². The van der Waals surface area contributed by atoms with Crippen LogP contribution in [0.5, 0.6) is 0 Å². The van der Waals surface area contributed by atoms with Crippen molar-refractivity contribution in [2.45, 2.75) is 18.8 Å². The first-order valence-corrected chi connectivity index (χ1v) is 5.67. The number of allylic oxidation sites excluding steroid dienone is 1. The maximum Gasteiger partial charge on any atom is 0.248 e. The molecule has 0 spiro atoms. The Morgan fingerprint density at radius 3 is 2.75 bits per heavy atom. The van der Waals surface area contributed by atoms with Gasteiger partial charge in [-0.15, -0.1) is 0 Å². The average molecular weight is 214 g/mol. The molecule has 1 aromatic rings. The molecule has 0 aromatic heterocycles. The van der Waals surface area contributed by atoms with Gasteiger partial charge in [-0.3, -0.25) is 10.2 Å². The molecule has 2 atom stereocenters. The minimum Gasteiger partial charge on any atom is -0.302 e. The van der Waals surface area contributed by atoms with Gasteiger partial charge in [0, 0.05) is 11.6 Å². The van der Waals surface area contributed by atoms with Gasteiger partial charge < -0.3 is 5.43 Å². The molecule has 2 aliphatic rings. The van der Waals surface area contributed by atoms with E-state index in [2.05, 4.69) is 29.1 Å². The van der Waals surface area contributed by atoms with Crippen LogP contribution in [-0.2, 0) is 4.79 Å². The van der Waals surface area contributed by atoms with Crippen molar-refractivity contribution in [3.05, 3.63) is 47.7 Å². The fourth-order valence-electron chi connectivity index (χ4n) is 2.65. The lowest BCUT2D eigenvalue weighted by Gasteiger charge is -2.25. The minimum absolute atomic E-state index is 0.0175. The number of nitrogens with one attached hydrogen (secondary N) is 2. The molecule has 1 saturated heterocycles. The summed E-state index contributed by atoms with van der Waals surface area (Å²) in [4.78, 5) is 11.8. The van der Waals surface area contributed by atoms with Gasteiger partial charge in [-0.25, -0.2) is 0 Å². The summed E-state index contributed by atoms with van der Waals surface area (Å²) in [7, 11) is 0. The molecule has 0 bridgehead atoms.